The summed E-state index contributed by atoms with van der Waals surface area (Å²) in [5, 5.41) is -0.309. The number of para-hydroxylation sites is 1. The molecule has 0 spiro atoms. The quantitative estimate of drug-likeness (QED) is 0.404. The van der Waals surface area contributed by atoms with E-state index in [1.807, 2.05) is 42.5 Å². The van der Waals surface area contributed by atoms with E-state index < -0.39 is 0 Å². The normalized spacial score (nSPS) is 15.2. The van der Waals surface area contributed by atoms with Crippen LogP contribution in [0.4, 0.5) is 4.79 Å². The first kappa shape index (κ1) is 20.2. The van der Waals surface area contributed by atoms with Gasteiger partial charge in [0.05, 0.1) is 11.4 Å². The molecule has 0 aromatic heterocycles. The number of carbonyl (C=O) groups is 2. The maximum absolute atomic E-state index is 12.7. The van der Waals surface area contributed by atoms with Crippen molar-refractivity contribution in [2.24, 2.45) is 0 Å². The molecule has 2 aromatic carbocycles. The minimum atomic E-state index is -0.332. The van der Waals surface area contributed by atoms with Crippen LogP contribution in [-0.2, 0) is 4.79 Å². The Balaban J connectivity index is 1.70. The molecule has 0 radical (unpaired) electrons. The predicted octanol–water partition coefficient (Wildman–Crippen LogP) is 5.13. The largest absolute Gasteiger partial charge is 0.492 e. The number of nitrogens with zero attached hydrogens (tertiary/aromatic N) is 1. The van der Waals surface area contributed by atoms with Gasteiger partial charge in [0.1, 0.15) is 24.7 Å². The lowest BCUT2D eigenvalue weighted by molar-refractivity contribution is -0.123. The van der Waals surface area contributed by atoms with Crippen molar-refractivity contribution in [1.29, 1.82) is 0 Å². The van der Waals surface area contributed by atoms with Gasteiger partial charge in [-0.25, -0.2) is 0 Å². The molecule has 28 heavy (non-hydrogen) atoms. The van der Waals surface area contributed by atoms with Gasteiger partial charge in [-0.3, -0.25) is 14.5 Å². The molecule has 0 atom stereocenters. The van der Waals surface area contributed by atoms with Gasteiger partial charge in [0.25, 0.3) is 11.1 Å². The first-order valence-corrected chi connectivity index (χ1v) is 10.2. The summed E-state index contributed by atoms with van der Waals surface area (Å²) in [5.41, 5.74) is 0.710. The van der Waals surface area contributed by atoms with Crippen LogP contribution in [0.2, 0.25) is 0 Å². The third-order valence-corrected chi connectivity index (χ3v) is 5.22. The van der Waals surface area contributed by atoms with E-state index in [9.17, 15) is 9.59 Å². The van der Waals surface area contributed by atoms with Crippen LogP contribution in [-0.4, -0.2) is 35.8 Å². The van der Waals surface area contributed by atoms with E-state index in [2.05, 4.69) is 22.5 Å². The monoisotopic (exact) mass is 459 g/mol. The molecule has 1 aliphatic heterocycles. The fourth-order valence-corrected chi connectivity index (χ4v) is 3.75. The summed E-state index contributed by atoms with van der Waals surface area (Å²) in [6, 6.07) is 14.8. The minimum Gasteiger partial charge on any atom is -0.492 e. The van der Waals surface area contributed by atoms with Gasteiger partial charge in [0, 0.05) is 10.0 Å². The van der Waals surface area contributed by atoms with Crippen LogP contribution in [0.25, 0.3) is 6.08 Å². The maximum Gasteiger partial charge on any atom is 0.293 e. The third-order valence-electron chi connectivity index (χ3n) is 3.82. The van der Waals surface area contributed by atoms with Gasteiger partial charge in [0.15, 0.2) is 0 Å². The van der Waals surface area contributed by atoms with E-state index in [4.69, 9.17) is 9.47 Å². The van der Waals surface area contributed by atoms with Crippen LogP contribution in [0, 0.1) is 0 Å². The second-order valence-electron chi connectivity index (χ2n) is 5.78. The highest BCUT2D eigenvalue weighted by atomic mass is 79.9. The third kappa shape index (κ3) is 5.05. The average Bonchev–Trinajstić information content (AvgIpc) is 2.95. The number of carbonyl (C=O) groups excluding carboxylic acids is 2. The van der Waals surface area contributed by atoms with Crippen molar-refractivity contribution in [3.8, 4) is 11.5 Å². The molecule has 2 aromatic rings. The van der Waals surface area contributed by atoms with Crippen molar-refractivity contribution in [2.75, 3.05) is 19.8 Å². The molecule has 5 nitrogen and oxygen atoms in total. The maximum atomic E-state index is 12.7. The fraction of sp³-hybridized carbons (Fsp3) is 0.143. The van der Waals surface area contributed by atoms with Gasteiger partial charge in [-0.15, -0.1) is 0 Å². The average molecular weight is 460 g/mol. The van der Waals surface area contributed by atoms with Crippen molar-refractivity contribution in [1.82, 2.24) is 4.90 Å². The summed E-state index contributed by atoms with van der Waals surface area (Å²) < 4.78 is 12.1. The number of ether oxygens (including phenoxy) is 2. The molecule has 0 bridgehead atoms. The summed E-state index contributed by atoms with van der Waals surface area (Å²) in [4.78, 5) is 26.5. The molecule has 1 aliphatic rings. The first-order valence-electron chi connectivity index (χ1n) is 8.55. The molecule has 1 saturated heterocycles. The standard InChI is InChI=1S/C21H18BrNO4S/c1-2-11-27-18-9-8-16(22)13-15(18)14-19-20(24)23(21(25)28-19)10-12-26-17-6-4-3-5-7-17/h2-9,13-14H,1,10-12H2/b19-14-. The molecule has 144 valence electrons. The van der Waals surface area contributed by atoms with Crippen LogP contribution in [0.1, 0.15) is 5.56 Å². The Hall–Kier alpha value is -2.51. The van der Waals surface area contributed by atoms with Crippen LogP contribution in [0.3, 0.4) is 0 Å². The predicted molar refractivity (Wildman–Crippen MR) is 114 cm³/mol. The molecule has 0 N–H and O–H groups in total. The van der Waals surface area contributed by atoms with Crippen molar-refractivity contribution >= 4 is 44.9 Å². The number of imide groups is 1. The Morgan fingerprint density at radius 1 is 1.11 bits per heavy atom. The smallest absolute Gasteiger partial charge is 0.293 e. The Kier molecular flexibility index (Phi) is 6.95. The molecule has 1 fully saturated rings. The molecular weight excluding hydrogens is 442 g/mol. The van der Waals surface area contributed by atoms with E-state index in [-0.39, 0.29) is 24.3 Å². The SMILES string of the molecule is C=CCOc1ccc(Br)cc1/C=C1\SC(=O)N(CCOc2ccccc2)C1=O. The second-order valence-corrected chi connectivity index (χ2v) is 7.69. The highest BCUT2D eigenvalue weighted by Crippen LogP contribution is 2.34. The number of benzene rings is 2. The molecule has 3 rings (SSSR count). The number of amides is 2. The van der Waals surface area contributed by atoms with E-state index in [0.717, 1.165) is 16.2 Å². The van der Waals surface area contributed by atoms with E-state index in [1.54, 1.807) is 18.2 Å². The molecule has 0 aliphatic carbocycles. The molecule has 0 saturated carbocycles. The van der Waals surface area contributed by atoms with Crippen molar-refractivity contribution in [2.45, 2.75) is 0 Å². The lowest BCUT2D eigenvalue weighted by atomic mass is 10.2. The summed E-state index contributed by atoms with van der Waals surface area (Å²) in [6.07, 6.45) is 3.32. The number of hydrogen-bond donors (Lipinski definition) is 0. The Labute approximate surface area is 176 Å². The lowest BCUT2D eigenvalue weighted by Crippen LogP contribution is -2.32. The van der Waals surface area contributed by atoms with Crippen molar-refractivity contribution in [3.05, 3.63) is 76.1 Å². The Morgan fingerprint density at radius 2 is 1.89 bits per heavy atom. The highest BCUT2D eigenvalue weighted by Gasteiger charge is 2.35. The summed E-state index contributed by atoms with van der Waals surface area (Å²) in [5.74, 6) is 0.978. The van der Waals surface area contributed by atoms with Crippen LogP contribution < -0.4 is 9.47 Å². The van der Waals surface area contributed by atoms with Gasteiger partial charge < -0.3 is 9.47 Å². The Morgan fingerprint density at radius 3 is 2.64 bits per heavy atom. The topological polar surface area (TPSA) is 55.8 Å². The van der Waals surface area contributed by atoms with Gasteiger partial charge in [-0.2, -0.15) is 0 Å². The number of thioether (sulfide) groups is 1. The molecule has 2 amide bonds. The summed E-state index contributed by atoms with van der Waals surface area (Å²) >= 11 is 4.33. The van der Waals surface area contributed by atoms with E-state index in [1.165, 1.54) is 4.90 Å². The summed E-state index contributed by atoms with van der Waals surface area (Å²) in [7, 11) is 0. The van der Waals surface area contributed by atoms with E-state index in [0.29, 0.717) is 28.6 Å². The van der Waals surface area contributed by atoms with Gasteiger partial charge in [-0.1, -0.05) is 46.8 Å². The number of rotatable bonds is 8. The molecule has 1 heterocycles. The van der Waals surface area contributed by atoms with Crippen LogP contribution in [0.15, 0.2) is 70.6 Å². The zero-order valence-corrected chi connectivity index (χ0v) is 17.4. The van der Waals surface area contributed by atoms with Gasteiger partial charge >= 0.3 is 0 Å². The zero-order chi connectivity index (χ0) is 19.9. The Bertz CT molecular complexity index is 914. The van der Waals surface area contributed by atoms with Crippen LogP contribution in [0.5, 0.6) is 11.5 Å². The van der Waals surface area contributed by atoms with Gasteiger partial charge in [-0.05, 0) is 48.2 Å². The second kappa shape index (κ2) is 9.61. The lowest BCUT2D eigenvalue weighted by Gasteiger charge is -2.13. The summed E-state index contributed by atoms with van der Waals surface area (Å²) in [6.45, 7) is 4.41. The van der Waals surface area contributed by atoms with Crippen molar-refractivity contribution in [3.63, 3.8) is 0 Å². The fourth-order valence-electron chi connectivity index (χ4n) is 2.52. The van der Waals surface area contributed by atoms with Crippen LogP contribution >= 0.6 is 27.7 Å². The minimum absolute atomic E-state index is 0.190. The number of halogens is 1. The first-order chi connectivity index (χ1) is 13.6. The zero-order valence-electron chi connectivity index (χ0n) is 15.0. The number of hydrogen-bond acceptors (Lipinski definition) is 5. The molecular formula is C21H18BrNO4S. The molecule has 7 heteroatoms. The highest BCUT2D eigenvalue weighted by molar-refractivity contribution is 9.10. The van der Waals surface area contributed by atoms with Crippen molar-refractivity contribution < 1.29 is 19.1 Å². The van der Waals surface area contributed by atoms with E-state index >= 15 is 0 Å². The molecule has 0 unspecified atom stereocenters. The van der Waals surface area contributed by atoms with Gasteiger partial charge in [0.2, 0.25) is 0 Å².